The molecule has 1 heterocycles. The highest BCUT2D eigenvalue weighted by molar-refractivity contribution is 6.43. The van der Waals surface area contributed by atoms with Gasteiger partial charge in [0.1, 0.15) is 6.42 Å². The van der Waals surface area contributed by atoms with Gasteiger partial charge in [0.25, 0.3) is 0 Å². The van der Waals surface area contributed by atoms with E-state index in [-0.39, 0.29) is 37.2 Å². The molecule has 0 unspecified atom stereocenters. The highest BCUT2D eigenvalue weighted by Gasteiger charge is 2.30. The summed E-state index contributed by atoms with van der Waals surface area (Å²) in [5, 5.41) is 31.5. The average molecular weight is 443 g/mol. The smallest absolute Gasteiger partial charge is 0.427 e. The summed E-state index contributed by atoms with van der Waals surface area (Å²) in [7, 11) is -1.59. The number of hydrogen-bond donors (Lipinski definition) is 3. The van der Waals surface area contributed by atoms with Gasteiger partial charge in [0, 0.05) is 18.8 Å². The van der Waals surface area contributed by atoms with Gasteiger partial charge in [-0.05, 0) is 37.8 Å². The maximum Gasteiger partial charge on any atom is 0.455 e. The lowest BCUT2D eigenvalue weighted by atomic mass is 9.66. The van der Waals surface area contributed by atoms with Gasteiger partial charge in [-0.3, -0.25) is 9.59 Å². The molecule has 0 bridgehead atoms. The molecule has 1 amide bonds. The lowest BCUT2D eigenvalue weighted by molar-refractivity contribution is -0.136. The van der Waals surface area contributed by atoms with Crippen molar-refractivity contribution < 1.29 is 24.4 Å². The Kier molecular flexibility index (Phi) is 11.4. The average Bonchev–Trinajstić information content (AvgIpc) is 2.79. The van der Waals surface area contributed by atoms with Crippen LogP contribution >= 0.6 is 0 Å². The van der Waals surface area contributed by atoms with Gasteiger partial charge < -0.3 is 25.0 Å². The largest absolute Gasteiger partial charge is 0.455 e. The minimum Gasteiger partial charge on any atom is -0.427 e. The van der Waals surface area contributed by atoms with Crippen molar-refractivity contribution in [1.82, 2.24) is 10.2 Å². The molecule has 0 saturated carbocycles. The first-order valence-electron chi connectivity index (χ1n) is 11.4. The zero-order chi connectivity index (χ0) is 23.3. The molecular formula is C23H34BN3O5. The van der Waals surface area contributed by atoms with E-state index in [0.717, 1.165) is 24.8 Å². The number of carbonyl (C=O) groups excluding carboxylic acids is 2. The summed E-state index contributed by atoms with van der Waals surface area (Å²) in [5.74, 6) is -0.925. The summed E-state index contributed by atoms with van der Waals surface area (Å²) in [6, 6.07) is 10.7. The van der Waals surface area contributed by atoms with E-state index in [1.54, 1.807) is 4.90 Å². The summed E-state index contributed by atoms with van der Waals surface area (Å²) < 4.78 is 5.84. The van der Waals surface area contributed by atoms with Crippen LogP contribution in [0.3, 0.4) is 0 Å². The third-order valence-corrected chi connectivity index (χ3v) is 5.84. The lowest BCUT2D eigenvalue weighted by Gasteiger charge is -2.35. The van der Waals surface area contributed by atoms with Gasteiger partial charge in [-0.1, -0.05) is 37.3 Å². The fourth-order valence-electron chi connectivity index (χ4n) is 4.11. The molecule has 3 N–H and O–H groups in total. The standard InChI is InChI=1S/C23H34BN3O5/c1-2-26-21(17-32-16-20-10-6-7-13-27(20)23(29)11-12-25)22(28)15-19(24(30)31)14-18-8-4-3-5-9-18/h3-5,8-9,19-21,26,30-31H,2,6-7,10-11,13-17H2,1H3/t19-,20-,21+/m1/s1. The Hall–Kier alpha value is -2.25. The molecule has 0 spiro atoms. The number of rotatable bonds is 13. The number of nitriles is 1. The number of nitrogens with zero attached hydrogens (tertiary/aromatic N) is 2. The van der Waals surface area contributed by atoms with Crippen LogP contribution in [0, 0.1) is 11.3 Å². The Labute approximate surface area is 190 Å². The van der Waals surface area contributed by atoms with Crippen LogP contribution in [-0.4, -0.2) is 72.1 Å². The number of hydrogen-bond acceptors (Lipinski definition) is 7. The van der Waals surface area contributed by atoms with E-state index in [9.17, 15) is 19.6 Å². The Morgan fingerprint density at radius 1 is 1.31 bits per heavy atom. The van der Waals surface area contributed by atoms with Crippen LogP contribution in [0.5, 0.6) is 0 Å². The monoisotopic (exact) mass is 443 g/mol. The summed E-state index contributed by atoms with van der Waals surface area (Å²) in [6.45, 7) is 3.54. The van der Waals surface area contributed by atoms with E-state index >= 15 is 0 Å². The second-order valence-corrected chi connectivity index (χ2v) is 8.25. The number of piperidine rings is 1. The third-order valence-electron chi connectivity index (χ3n) is 5.84. The minimum absolute atomic E-state index is 0.0177. The summed E-state index contributed by atoms with van der Waals surface area (Å²) in [6.07, 6.45) is 2.99. The van der Waals surface area contributed by atoms with E-state index in [2.05, 4.69) is 5.32 Å². The van der Waals surface area contributed by atoms with Crippen molar-refractivity contribution >= 4 is 18.8 Å². The van der Waals surface area contributed by atoms with Gasteiger partial charge in [-0.15, -0.1) is 0 Å². The van der Waals surface area contributed by atoms with E-state index in [0.29, 0.717) is 26.1 Å². The van der Waals surface area contributed by atoms with Crippen molar-refractivity contribution in [3.63, 3.8) is 0 Å². The molecule has 2 rings (SSSR count). The number of nitrogens with one attached hydrogen (secondary N) is 1. The number of likely N-dealkylation sites (N-methyl/N-ethyl adjacent to an activating group) is 1. The maximum atomic E-state index is 12.9. The summed E-state index contributed by atoms with van der Waals surface area (Å²) >= 11 is 0. The maximum absolute atomic E-state index is 12.9. The molecule has 174 valence electrons. The van der Waals surface area contributed by atoms with Crippen molar-refractivity contribution in [1.29, 1.82) is 5.26 Å². The van der Waals surface area contributed by atoms with E-state index in [1.165, 1.54) is 0 Å². The van der Waals surface area contributed by atoms with Gasteiger partial charge in [-0.2, -0.15) is 5.26 Å². The molecule has 9 heteroatoms. The predicted molar refractivity (Wildman–Crippen MR) is 122 cm³/mol. The summed E-state index contributed by atoms with van der Waals surface area (Å²) in [5.41, 5.74) is 0.939. The molecule has 1 aromatic rings. The Balaban J connectivity index is 1.91. The molecule has 32 heavy (non-hydrogen) atoms. The predicted octanol–water partition coefficient (Wildman–Crippen LogP) is 1.32. The number of likely N-dealkylation sites (tertiary alicyclic amines) is 1. The number of ether oxygens (including phenoxy) is 1. The number of Topliss-reactive ketones (excluding diaryl/α,β-unsaturated/α-hetero) is 1. The second kappa shape index (κ2) is 14.0. The zero-order valence-corrected chi connectivity index (χ0v) is 18.8. The normalized spacial score (nSPS) is 17.9. The number of carbonyl (C=O) groups is 2. The topological polar surface area (TPSA) is 123 Å². The van der Waals surface area contributed by atoms with Crippen molar-refractivity contribution in [3.8, 4) is 6.07 Å². The first-order valence-corrected chi connectivity index (χ1v) is 11.4. The number of benzene rings is 1. The molecule has 1 aliphatic rings. The van der Waals surface area contributed by atoms with Crippen molar-refractivity contribution in [2.24, 2.45) is 0 Å². The Bertz CT molecular complexity index is 756. The van der Waals surface area contributed by atoms with Gasteiger partial charge in [0.2, 0.25) is 5.91 Å². The highest BCUT2D eigenvalue weighted by Crippen LogP contribution is 2.22. The quantitative estimate of drug-likeness (QED) is 0.393. The van der Waals surface area contributed by atoms with Gasteiger partial charge in [-0.25, -0.2) is 0 Å². The first-order chi connectivity index (χ1) is 15.5. The van der Waals surface area contributed by atoms with Crippen LogP contribution in [0.2, 0.25) is 5.82 Å². The van der Waals surface area contributed by atoms with Crippen molar-refractivity contribution in [2.75, 3.05) is 26.3 Å². The van der Waals surface area contributed by atoms with Crippen LogP contribution in [-0.2, 0) is 20.7 Å². The van der Waals surface area contributed by atoms with E-state index in [1.807, 2.05) is 43.3 Å². The minimum atomic E-state index is -1.59. The fraction of sp³-hybridized carbons (Fsp3) is 0.609. The zero-order valence-electron chi connectivity index (χ0n) is 18.8. The third kappa shape index (κ3) is 8.36. The van der Waals surface area contributed by atoms with E-state index in [4.69, 9.17) is 10.00 Å². The van der Waals surface area contributed by atoms with E-state index < -0.39 is 19.0 Å². The first kappa shape index (κ1) is 26.0. The lowest BCUT2D eigenvalue weighted by Crippen LogP contribution is -2.47. The fourth-order valence-corrected chi connectivity index (χ4v) is 4.11. The number of ketones is 1. The molecule has 1 fully saturated rings. The number of amides is 1. The highest BCUT2D eigenvalue weighted by atomic mass is 16.5. The van der Waals surface area contributed by atoms with Crippen LogP contribution in [0.15, 0.2) is 30.3 Å². The van der Waals surface area contributed by atoms with Crippen LogP contribution in [0.4, 0.5) is 0 Å². The van der Waals surface area contributed by atoms with Crippen LogP contribution in [0.1, 0.15) is 44.6 Å². The molecule has 1 aromatic carbocycles. The van der Waals surface area contributed by atoms with Gasteiger partial charge in [0.15, 0.2) is 5.78 Å². The molecule has 8 nitrogen and oxygen atoms in total. The van der Waals surface area contributed by atoms with Crippen molar-refractivity contribution in [2.45, 2.75) is 63.3 Å². The van der Waals surface area contributed by atoms with Gasteiger partial charge in [0.05, 0.1) is 31.4 Å². The SMILES string of the molecule is CCN[C@@H](COC[C@H]1CCCCN1C(=O)CC#N)C(=O)C[C@@H](Cc1ccccc1)B(O)O. The summed E-state index contributed by atoms with van der Waals surface area (Å²) in [4.78, 5) is 26.8. The molecule has 1 saturated heterocycles. The van der Waals surface area contributed by atoms with Crippen LogP contribution < -0.4 is 5.32 Å². The van der Waals surface area contributed by atoms with Crippen molar-refractivity contribution in [3.05, 3.63) is 35.9 Å². The Morgan fingerprint density at radius 2 is 2.06 bits per heavy atom. The molecule has 1 aliphatic heterocycles. The molecule has 3 atom stereocenters. The van der Waals surface area contributed by atoms with Gasteiger partial charge >= 0.3 is 7.12 Å². The molecular weight excluding hydrogens is 409 g/mol. The Morgan fingerprint density at radius 3 is 2.72 bits per heavy atom. The second-order valence-electron chi connectivity index (χ2n) is 8.25. The van der Waals surface area contributed by atoms with Crippen LogP contribution in [0.25, 0.3) is 0 Å². The molecule has 0 aromatic heterocycles. The molecule has 0 aliphatic carbocycles. The molecule has 0 radical (unpaired) electrons.